The zero-order chi connectivity index (χ0) is 25.9. The first kappa shape index (κ1) is 28.5. The molecule has 8 nitrogen and oxygen atoms in total. The summed E-state index contributed by atoms with van der Waals surface area (Å²) in [6, 6.07) is 7.43. The van der Waals surface area contributed by atoms with E-state index in [2.05, 4.69) is 17.6 Å². The van der Waals surface area contributed by atoms with Gasteiger partial charge in [-0.05, 0) is 49.3 Å². The Morgan fingerprint density at radius 2 is 2.00 bits per heavy atom. The van der Waals surface area contributed by atoms with Gasteiger partial charge in [-0.25, -0.2) is 9.59 Å². The van der Waals surface area contributed by atoms with Crippen molar-refractivity contribution in [1.29, 1.82) is 0 Å². The Balaban J connectivity index is 1.65. The van der Waals surface area contributed by atoms with Crippen LogP contribution in [-0.2, 0) is 4.74 Å². The second kappa shape index (κ2) is 14.6. The van der Waals surface area contributed by atoms with Gasteiger partial charge in [-0.2, -0.15) is 0 Å². The van der Waals surface area contributed by atoms with Crippen molar-refractivity contribution in [2.75, 3.05) is 26.2 Å². The fourth-order valence-electron chi connectivity index (χ4n) is 5.63. The SMILES string of the molecule is CC[C@@H](N)[C@H](CC1CCCCC1)NC(=O)N1CCC[C@@H]([C@@H](OCCNC(=O)O)c2cccc(Cl)c2)C1. The van der Waals surface area contributed by atoms with E-state index in [1.54, 1.807) is 0 Å². The highest BCUT2D eigenvalue weighted by Crippen LogP contribution is 2.34. The number of piperidine rings is 1. The van der Waals surface area contributed by atoms with Gasteiger partial charge in [-0.15, -0.1) is 0 Å². The van der Waals surface area contributed by atoms with Crippen molar-refractivity contribution >= 4 is 23.7 Å². The molecule has 1 saturated carbocycles. The van der Waals surface area contributed by atoms with E-state index < -0.39 is 6.09 Å². The Labute approximate surface area is 220 Å². The molecule has 1 heterocycles. The molecule has 0 radical (unpaired) electrons. The van der Waals surface area contributed by atoms with Crippen LogP contribution in [0, 0.1) is 11.8 Å². The van der Waals surface area contributed by atoms with Crippen LogP contribution in [0.4, 0.5) is 9.59 Å². The molecule has 2 aliphatic rings. The van der Waals surface area contributed by atoms with Crippen molar-refractivity contribution in [2.24, 2.45) is 17.6 Å². The molecular weight excluding hydrogens is 480 g/mol. The van der Waals surface area contributed by atoms with Crippen LogP contribution in [0.3, 0.4) is 0 Å². The summed E-state index contributed by atoms with van der Waals surface area (Å²) in [4.78, 5) is 26.1. The number of nitrogens with two attached hydrogens (primary N) is 1. The smallest absolute Gasteiger partial charge is 0.404 e. The number of carbonyl (C=O) groups is 2. The van der Waals surface area contributed by atoms with Gasteiger partial charge >= 0.3 is 12.1 Å². The summed E-state index contributed by atoms with van der Waals surface area (Å²) in [5.74, 6) is 0.709. The highest BCUT2D eigenvalue weighted by Gasteiger charge is 2.33. The first-order valence-corrected chi connectivity index (χ1v) is 13.9. The van der Waals surface area contributed by atoms with E-state index in [9.17, 15) is 9.59 Å². The Morgan fingerprint density at radius 3 is 2.69 bits per heavy atom. The Hall–Kier alpha value is -2.03. The monoisotopic (exact) mass is 522 g/mol. The molecule has 1 aromatic carbocycles. The van der Waals surface area contributed by atoms with Gasteiger partial charge in [-0.3, -0.25) is 0 Å². The van der Waals surface area contributed by atoms with Crippen molar-refractivity contribution in [3.63, 3.8) is 0 Å². The number of nitrogens with one attached hydrogen (secondary N) is 2. The number of benzene rings is 1. The van der Waals surface area contributed by atoms with E-state index in [1.165, 1.54) is 32.1 Å². The second-order valence-electron chi connectivity index (χ2n) is 10.3. The average molecular weight is 523 g/mol. The highest BCUT2D eigenvalue weighted by molar-refractivity contribution is 6.30. The van der Waals surface area contributed by atoms with Gasteiger partial charge in [0.2, 0.25) is 0 Å². The highest BCUT2D eigenvalue weighted by atomic mass is 35.5. The second-order valence-corrected chi connectivity index (χ2v) is 10.7. The molecule has 0 bridgehead atoms. The van der Waals surface area contributed by atoms with E-state index in [-0.39, 0.29) is 43.3 Å². The average Bonchev–Trinajstić information content (AvgIpc) is 2.88. The molecule has 4 atom stereocenters. The lowest BCUT2D eigenvalue weighted by molar-refractivity contribution is -0.00856. The predicted octanol–water partition coefficient (Wildman–Crippen LogP) is 5.16. The number of likely N-dealkylation sites (tertiary alicyclic amines) is 1. The number of hydrogen-bond acceptors (Lipinski definition) is 4. The van der Waals surface area contributed by atoms with Gasteiger partial charge in [-0.1, -0.05) is 62.8 Å². The van der Waals surface area contributed by atoms with E-state index in [4.69, 9.17) is 27.2 Å². The lowest BCUT2D eigenvalue weighted by Gasteiger charge is -2.38. The third-order valence-corrected chi connectivity index (χ3v) is 7.87. The van der Waals surface area contributed by atoms with E-state index in [0.29, 0.717) is 24.0 Å². The standard InChI is InChI=1S/C27H43ClN4O4/c1-2-23(29)24(16-19-8-4-3-5-9-19)31-26(33)32-14-7-11-21(18-32)25(36-15-13-30-27(34)35)20-10-6-12-22(28)17-20/h6,10,12,17,19,21,23-25,30H,2-5,7-9,11,13-16,18,29H2,1H3,(H,31,33)(H,34,35)/t21-,23-,24+,25+/m1/s1. The summed E-state index contributed by atoms with van der Waals surface area (Å²) < 4.78 is 6.18. The van der Waals surface area contributed by atoms with Crippen molar-refractivity contribution in [2.45, 2.75) is 82.9 Å². The van der Waals surface area contributed by atoms with Crippen LogP contribution >= 0.6 is 11.6 Å². The van der Waals surface area contributed by atoms with Crippen molar-refractivity contribution in [3.8, 4) is 0 Å². The molecular formula is C27H43ClN4O4. The molecule has 1 saturated heterocycles. The van der Waals surface area contributed by atoms with Gasteiger partial charge in [0.05, 0.1) is 12.7 Å². The number of urea groups is 1. The molecule has 0 spiro atoms. The summed E-state index contributed by atoms with van der Waals surface area (Å²) >= 11 is 6.26. The molecule has 1 aliphatic heterocycles. The minimum absolute atomic E-state index is 0.0203. The number of carbonyl (C=O) groups excluding carboxylic acids is 1. The minimum Gasteiger partial charge on any atom is -0.465 e. The lowest BCUT2D eigenvalue weighted by Crippen LogP contribution is -2.54. The van der Waals surface area contributed by atoms with E-state index in [1.807, 2.05) is 29.2 Å². The number of amides is 3. The van der Waals surface area contributed by atoms with Crippen LogP contribution in [0.1, 0.15) is 76.4 Å². The number of ether oxygens (including phenoxy) is 1. The largest absolute Gasteiger partial charge is 0.465 e. The minimum atomic E-state index is -1.08. The van der Waals surface area contributed by atoms with Crippen LogP contribution in [0.15, 0.2) is 24.3 Å². The van der Waals surface area contributed by atoms with Crippen LogP contribution in [-0.4, -0.2) is 60.5 Å². The Kier molecular flexibility index (Phi) is 11.6. The first-order chi connectivity index (χ1) is 17.4. The van der Waals surface area contributed by atoms with Crippen LogP contribution < -0.4 is 16.4 Å². The number of rotatable bonds is 11. The number of halogens is 1. The fourth-order valence-corrected chi connectivity index (χ4v) is 5.83. The van der Waals surface area contributed by atoms with E-state index >= 15 is 0 Å². The van der Waals surface area contributed by atoms with Crippen LogP contribution in [0.2, 0.25) is 5.02 Å². The van der Waals surface area contributed by atoms with Crippen LogP contribution in [0.5, 0.6) is 0 Å². The molecule has 0 unspecified atom stereocenters. The van der Waals surface area contributed by atoms with E-state index in [0.717, 1.165) is 31.2 Å². The maximum absolute atomic E-state index is 13.4. The fraction of sp³-hybridized carbons (Fsp3) is 0.704. The Morgan fingerprint density at radius 1 is 1.22 bits per heavy atom. The molecule has 5 N–H and O–H groups in total. The van der Waals surface area contributed by atoms with Crippen molar-refractivity contribution in [3.05, 3.63) is 34.9 Å². The zero-order valence-electron chi connectivity index (χ0n) is 21.5. The van der Waals surface area contributed by atoms with Crippen LogP contribution in [0.25, 0.3) is 0 Å². The van der Waals surface area contributed by atoms with Gasteiger partial charge in [0, 0.05) is 42.7 Å². The van der Waals surface area contributed by atoms with Gasteiger partial charge < -0.3 is 31.1 Å². The lowest BCUT2D eigenvalue weighted by atomic mass is 9.83. The maximum Gasteiger partial charge on any atom is 0.404 e. The molecule has 2 fully saturated rings. The number of carboxylic acid groups (broad SMARTS) is 1. The summed E-state index contributed by atoms with van der Waals surface area (Å²) in [6.45, 7) is 3.77. The van der Waals surface area contributed by atoms with Gasteiger partial charge in [0.25, 0.3) is 0 Å². The predicted molar refractivity (Wildman–Crippen MR) is 142 cm³/mol. The summed E-state index contributed by atoms with van der Waals surface area (Å²) in [5.41, 5.74) is 7.39. The molecule has 36 heavy (non-hydrogen) atoms. The normalized spacial score (nSPS) is 21.4. The molecule has 202 valence electrons. The summed E-state index contributed by atoms with van der Waals surface area (Å²) in [6.07, 6.45) is 8.50. The molecule has 3 rings (SSSR count). The first-order valence-electron chi connectivity index (χ1n) is 13.5. The number of nitrogens with zero attached hydrogens (tertiary/aromatic N) is 1. The maximum atomic E-state index is 13.4. The van der Waals surface area contributed by atoms with Crippen molar-refractivity contribution in [1.82, 2.24) is 15.5 Å². The number of hydrogen-bond donors (Lipinski definition) is 4. The summed E-state index contributed by atoms with van der Waals surface area (Å²) in [5, 5.41) is 15.1. The van der Waals surface area contributed by atoms with Gasteiger partial charge in [0.15, 0.2) is 0 Å². The quantitative estimate of drug-likeness (QED) is 0.299. The Bertz CT molecular complexity index is 836. The van der Waals surface area contributed by atoms with Gasteiger partial charge in [0.1, 0.15) is 0 Å². The topological polar surface area (TPSA) is 117 Å². The molecule has 1 aliphatic carbocycles. The third-order valence-electron chi connectivity index (χ3n) is 7.64. The molecule has 9 heteroatoms. The third kappa shape index (κ3) is 8.82. The summed E-state index contributed by atoms with van der Waals surface area (Å²) in [7, 11) is 0. The van der Waals surface area contributed by atoms with Crippen molar-refractivity contribution < 1.29 is 19.4 Å². The molecule has 0 aromatic heterocycles. The molecule has 1 aromatic rings. The zero-order valence-corrected chi connectivity index (χ0v) is 22.2. The molecule has 3 amide bonds.